The number of halogens is 8. The first-order valence-corrected chi connectivity index (χ1v) is 11.9. The fraction of sp³-hybridized carbons (Fsp3) is 0.238. The first-order chi connectivity index (χ1) is 17.3. The number of aromatic nitrogens is 1. The van der Waals surface area contributed by atoms with Gasteiger partial charge in [-0.3, -0.25) is 4.72 Å². The Morgan fingerprint density at radius 1 is 0.974 bits per heavy atom. The minimum atomic E-state index is -5.12. The van der Waals surface area contributed by atoms with Crippen LogP contribution < -0.4 is 14.8 Å². The highest BCUT2D eigenvalue weighted by atomic mass is 32.2. The molecule has 8 nitrogen and oxygen atoms in total. The summed E-state index contributed by atoms with van der Waals surface area (Å²) in [6.07, 6.45) is -10.2. The summed E-state index contributed by atoms with van der Waals surface area (Å²) in [5.41, 5.74) is -5.03. The third-order valence-corrected chi connectivity index (χ3v) is 5.28. The largest absolute Gasteiger partial charge is 0.440 e. The predicted molar refractivity (Wildman–Crippen MR) is 114 cm³/mol. The van der Waals surface area contributed by atoms with Gasteiger partial charge in [0, 0.05) is 5.56 Å². The van der Waals surface area contributed by atoms with E-state index in [1.165, 1.54) is 6.92 Å². The van der Waals surface area contributed by atoms with Crippen molar-refractivity contribution in [1.82, 2.24) is 10.3 Å². The van der Waals surface area contributed by atoms with Crippen LogP contribution in [0.1, 0.15) is 29.7 Å². The zero-order chi connectivity index (χ0) is 28.6. The average molecular weight is 573 g/mol. The Morgan fingerprint density at radius 2 is 1.50 bits per heavy atom. The molecule has 0 saturated carbocycles. The van der Waals surface area contributed by atoms with E-state index >= 15 is 0 Å². The van der Waals surface area contributed by atoms with Gasteiger partial charge in [0.2, 0.25) is 15.9 Å². The monoisotopic (exact) mass is 573 g/mol. The molecule has 1 heterocycles. The lowest BCUT2D eigenvalue weighted by Gasteiger charge is -2.15. The van der Waals surface area contributed by atoms with E-state index < -0.39 is 80.3 Å². The number of alkyl halides is 6. The van der Waals surface area contributed by atoms with Crippen molar-refractivity contribution in [2.24, 2.45) is 0 Å². The van der Waals surface area contributed by atoms with E-state index in [4.69, 9.17) is 9.15 Å². The molecule has 38 heavy (non-hydrogen) atoms. The summed E-state index contributed by atoms with van der Waals surface area (Å²) in [5.74, 6) is -3.95. The Kier molecular flexibility index (Phi) is 7.63. The zero-order valence-electron chi connectivity index (χ0n) is 19.0. The van der Waals surface area contributed by atoms with Crippen molar-refractivity contribution in [2.45, 2.75) is 25.3 Å². The van der Waals surface area contributed by atoms with Gasteiger partial charge in [-0.2, -0.15) is 31.3 Å². The van der Waals surface area contributed by atoms with Crippen molar-refractivity contribution in [3.8, 4) is 17.3 Å². The van der Waals surface area contributed by atoms with Gasteiger partial charge in [-0.25, -0.2) is 22.0 Å². The second-order valence-electron chi connectivity index (χ2n) is 7.77. The van der Waals surface area contributed by atoms with Crippen molar-refractivity contribution < 1.29 is 57.5 Å². The molecule has 0 bridgehead atoms. The molecule has 2 N–H and O–H groups in total. The lowest BCUT2D eigenvalue weighted by molar-refractivity contribution is -0.143. The number of anilines is 1. The summed E-state index contributed by atoms with van der Waals surface area (Å²) in [7, 11) is -3.99. The number of carbonyl (C=O) groups excluding carboxylic acids is 1. The van der Waals surface area contributed by atoms with Crippen molar-refractivity contribution in [1.29, 1.82) is 0 Å². The minimum Gasteiger partial charge on any atom is -0.440 e. The molecule has 0 saturated heterocycles. The molecule has 1 unspecified atom stereocenters. The summed E-state index contributed by atoms with van der Waals surface area (Å²) < 4.78 is 140. The van der Waals surface area contributed by atoms with Crippen LogP contribution in [0.15, 0.2) is 41.0 Å². The first kappa shape index (κ1) is 28.7. The van der Waals surface area contributed by atoms with Crippen LogP contribution in [0.5, 0.6) is 5.88 Å². The first-order valence-electron chi connectivity index (χ1n) is 10.0. The highest BCUT2D eigenvalue weighted by Gasteiger charge is 2.37. The van der Waals surface area contributed by atoms with Gasteiger partial charge < -0.3 is 14.5 Å². The van der Waals surface area contributed by atoms with E-state index in [9.17, 15) is 48.3 Å². The quantitative estimate of drug-likeness (QED) is 0.357. The van der Waals surface area contributed by atoms with Crippen LogP contribution >= 0.6 is 0 Å². The van der Waals surface area contributed by atoms with E-state index in [0.717, 1.165) is 12.1 Å². The Bertz CT molecular complexity index is 1410. The van der Waals surface area contributed by atoms with E-state index in [-0.39, 0.29) is 11.6 Å². The molecule has 17 heteroatoms. The Morgan fingerprint density at radius 3 is 1.97 bits per heavy atom. The maximum atomic E-state index is 14.2. The lowest BCUT2D eigenvalue weighted by atomic mass is 10.0. The van der Waals surface area contributed by atoms with Crippen LogP contribution in [0.4, 0.5) is 45.6 Å². The number of hydrogen-bond donors (Lipinski definition) is 2. The lowest BCUT2D eigenvalue weighted by Crippen LogP contribution is -2.29. The van der Waals surface area contributed by atoms with Gasteiger partial charge >= 0.3 is 18.4 Å². The zero-order valence-corrected chi connectivity index (χ0v) is 19.8. The molecule has 0 fully saturated rings. The average Bonchev–Trinajstić information content (AvgIpc) is 3.22. The van der Waals surface area contributed by atoms with Gasteiger partial charge in [0.1, 0.15) is 5.69 Å². The van der Waals surface area contributed by atoms with E-state index in [2.05, 4.69) is 10.3 Å². The van der Waals surface area contributed by atoms with E-state index in [0.29, 0.717) is 24.7 Å². The molecule has 0 radical (unpaired) electrons. The number of nitrogens with one attached hydrogen (secondary N) is 2. The van der Waals surface area contributed by atoms with Gasteiger partial charge in [0.25, 0.3) is 5.88 Å². The summed E-state index contributed by atoms with van der Waals surface area (Å²) >= 11 is 0. The fourth-order valence-electron chi connectivity index (χ4n) is 3.03. The molecule has 0 aliphatic carbocycles. The highest BCUT2D eigenvalue weighted by Crippen LogP contribution is 2.38. The summed E-state index contributed by atoms with van der Waals surface area (Å²) in [5, 5.41) is 2.16. The molecule has 2 aromatic carbocycles. The summed E-state index contributed by atoms with van der Waals surface area (Å²) in [6.45, 7) is 1.27. The summed E-state index contributed by atoms with van der Waals surface area (Å²) in [4.78, 5) is 15.7. The molecule has 3 aromatic rings. The molecular formula is C21H15F8N3O5S. The van der Waals surface area contributed by atoms with Crippen LogP contribution in [-0.4, -0.2) is 25.8 Å². The number of benzene rings is 2. The molecule has 0 aliphatic heterocycles. The fourth-order valence-corrected chi connectivity index (χ4v) is 3.59. The molecule has 3 rings (SSSR count). The Hall–Kier alpha value is -3.89. The second kappa shape index (κ2) is 10.1. The SMILES string of the molecule is CC(NC(=O)Oc1coc(-c2cc(C(F)(F)F)cc(C(F)(F)F)c2)n1)c1cc(F)c(NS(C)(=O)=O)c(F)c1. The van der Waals surface area contributed by atoms with Gasteiger partial charge in [0.05, 0.1) is 23.4 Å². The van der Waals surface area contributed by atoms with Gasteiger partial charge in [-0.1, -0.05) is 0 Å². The molecule has 0 spiro atoms. The van der Waals surface area contributed by atoms with Gasteiger partial charge in [-0.05, 0) is 42.8 Å². The number of hydrogen-bond acceptors (Lipinski definition) is 6. The number of carbonyl (C=O) groups is 1. The molecule has 0 aliphatic rings. The van der Waals surface area contributed by atoms with Crippen molar-refractivity contribution >= 4 is 21.8 Å². The number of rotatable bonds is 6. The van der Waals surface area contributed by atoms with E-state index in [1.54, 1.807) is 4.72 Å². The number of ether oxygens (including phenoxy) is 1. The molecule has 206 valence electrons. The van der Waals surface area contributed by atoms with Gasteiger partial charge in [-0.15, -0.1) is 0 Å². The van der Waals surface area contributed by atoms with Crippen molar-refractivity contribution in [3.05, 3.63) is 64.9 Å². The van der Waals surface area contributed by atoms with Crippen LogP contribution in [0.25, 0.3) is 11.5 Å². The number of sulfonamides is 1. The Labute approximate surface area is 208 Å². The van der Waals surface area contributed by atoms with Crippen LogP contribution in [0.3, 0.4) is 0 Å². The van der Waals surface area contributed by atoms with Crippen LogP contribution in [-0.2, 0) is 22.4 Å². The predicted octanol–water partition coefficient (Wildman–Crippen LogP) is 5.88. The third kappa shape index (κ3) is 7.11. The third-order valence-electron chi connectivity index (χ3n) is 4.70. The van der Waals surface area contributed by atoms with Crippen molar-refractivity contribution in [3.63, 3.8) is 0 Å². The second-order valence-corrected chi connectivity index (χ2v) is 9.52. The van der Waals surface area contributed by atoms with Crippen LogP contribution in [0.2, 0.25) is 0 Å². The normalized spacial score (nSPS) is 13.2. The standard InChI is InChI=1S/C21H15F8N3O5S/c1-9(10-5-14(22)17(15(23)6-10)32-38(2,34)35)30-19(33)37-16-8-36-18(31-16)11-3-12(20(24,25)26)7-13(4-11)21(27,28)29/h3-9,32H,1-2H3,(H,30,33). The maximum absolute atomic E-state index is 14.2. The number of amides is 1. The van der Waals surface area contributed by atoms with Crippen LogP contribution in [0, 0.1) is 11.6 Å². The number of nitrogens with zero attached hydrogens (tertiary/aromatic N) is 1. The van der Waals surface area contributed by atoms with Gasteiger partial charge in [0.15, 0.2) is 17.9 Å². The number of oxazole rings is 1. The molecule has 1 atom stereocenters. The Balaban J connectivity index is 1.77. The smallest absolute Gasteiger partial charge is 0.416 e. The van der Waals surface area contributed by atoms with Crippen molar-refractivity contribution in [2.75, 3.05) is 11.0 Å². The maximum Gasteiger partial charge on any atom is 0.416 e. The summed E-state index contributed by atoms with van der Waals surface area (Å²) in [6, 6.07) is 0.983. The molecule has 1 amide bonds. The van der Waals surface area contributed by atoms with E-state index in [1.807, 2.05) is 0 Å². The molecule has 1 aromatic heterocycles. The molecular weight excluding hydrogens is 558 g/mol. The highest BCUT2D eigenvalue weighted by molar-refractivity contribution is 7.92. The minimum absolute atomic E-state index is 0.0892. The topological polar surface area (TPSA) is 111 Å².